The Balaban J connectivity index is 1.74. The largest absolute Gasteiger partial charge is 0.491 e. The molecule has 2 aliphatic heterocycles. The third-order valence-corrected chi connectivity index (χ3v) is 5.50. The van der Waals surface area contributed by atoms with E-state index in [1.165, 1.54) is 0 Å². The molecule has 1 atom stereocenters. The van der Waals surface area contributed by atoms with Crippen LogP contribution in [0.3, 0.4) is 0 Å². The first-order valence-corrected chi connectivity index (χ1v) is 10.8. The van der Waals surface area contributed by atoms with Crippen LogP contribution < -0.4 is 20.5 Å². The molecule has 1 saturated heterocycles. The number of fused-ring (bicyclic) bond motifs is 1. The number of benzene rings is 1. The van der Waals surface area contributed by atoms with Crippen molar-refractivity contribution in [3.8, 4) is 5.75 Å². The Morgan fingerprint density at radius 3 is 2.89 bits per heavy atom. The number of hydrogen-bond donors (Lipinski definition) is 5. The van der Waals surface area contributed by atoms with Gasteiger partial charge in [-0.1, -0.05) is 6.07 Å². The zero-order valence-corrected chi connectivity index (χ0v) is 17.3. The van der Waals surface area contributed by atoms with Crippen molar-refractivity contribution in [1.29, 1.82) is 0 Å². The van der Waals surface area contributed by atoms with Gasteiger partial charge in [-0.2, -0.15) is 0 Å². The van der Waals surface area contributed by atoms with Crippen molar-refractivity contribution >= 4 is 28.5 Å². The second-order valence-electron chi connectivity index (χ2n) is 8.11. The van der Waals surface area contributed by atoms with E-state index in [0.29, 0.717) is 30.2 Å². The average molecular weight is 412 g/mol. The molecule has 0 spiro atoms. The average Bonchev–Trinajstić information content (AvgIpc) is 2.57. The maximum Gasteiger partial charge on any atom is 0.318 e. The summed E-state index contributed by atoms with van der Waals surface area (Å²) in [5, 5.41) is 3.01. The van der Waals surface area contributed by atoms with Crippen LogP contribution in [0.15, 0.2) is 22.6 Å². The minimum absolute atomic E-state index is 0.00956. The van der Waals surface area contributed by atoms with Crippen LogP contribution in [-0.4, -0.2) is 50.6 Å². The standard InChI is InChI=1S/C18H29N5O4S/c1-18(2,3)20-17(24)23-10-5-4-7-12(23)11-27-14-9-6-8-13-15(14)16(19)22-28(25,26)21-13/h6,8-9,12,21,25-26H,4-5,7,10-11H2,1-3H3,(H2,19,22)(H,20,24). The van der Waals surface area contributed by atoms with E-state index in [1.807, 2.05) is 25.7 Å². The number of hydrogen-bond acceptors (Lipinski definition) is 7. The highest BCUT2D eigenvalue weighted by Crippen LogP contribution is 2.46. The topological polar surface area (TPSA) is 132 Å². The van der Waals surface area contributed by atoms with E-state index >= 15 is 0 Å². The maximum absolute atomic E-state index is 12.6. The predicted molar refractivity (Wildman–Crippen MR) is 112 cm³/mol. The van der Waals surface area contributed by atoms with Gasteiger partial charge in [-0.3, -0.25) is 13.8 Å². The summed E-state index contributed by atoms with van der Waals surface area (Å²) in [7, 11) is -3.34. The maximum atomic E-state index is 12.6. The Kier molecular flexibility index (Phi) is 5.64. The van der Waals surface area contributed by atoms with Crippen LogP contribution in [0.4, 0.5) is 10.5 Å². The van der Waals surface area contributed by atoms with Gasteiger partial charge in [0, 0.05) is 12.1 Å². The first-order chi connectivity index (χ1) is 13.1. The summed E-state index contributed by atoms with van der Waals surface area (Å²) in [4.78, 5) is 14.5. The van der Waals surface area contributed by atoms with Gasteiger partial charge in [0.1, 0.15) is 12.4 Å². The van der Waals surface area contributed by atoms with Gasteiger partial charge in [-0.15, -0.1) is 4.40 Å². The van der Waals surface area contributed by atoms with Gasteiger partial charge in [-0.05, 0) is 63.1 Å². The van der Waals surface area contributed by atoms with Crippen LogP contribution in [0, 0.1) is 0 Å². The number of carbonyl (C=O) groups excluding carboxylic acids is 1. The van der Waals surface area contributed by atoms with E-state index in [-0.39, 0.29) is 23.4 Å². The zero-order chi connectivity index (χ0) is 20.5. The Morgan fingerprint density at radius 2 is 2.18 bits per heavy atom. The van der Waals surface area contributed by atoms with E-state index in [1.54, 1.807) is 18.2 Å². The number of anilines is 1. The molecule has 1 fully saturated rings. The molecule has 2 amide bonds. The van der Waals surface area contributed by atoms with E-state index in [4.69, 9.17) is 10.5 Å². The molecule has 156 valence electrons. The summed E-state index contributed by atoms with van der Waals surface area (Å²) in [6.07, 6.45) is 2.86. The second kappa shape index (κ2) is 7.69. The second-order valence-corrected chi connectivity index (χ2v) is 9.53. The minimum atomic E-state index is -3.34. The van der Waals surface area contributed by atoms with Crippen molar-refractivity contribution < 1.29 is 18.6 Å². The summed E-state index contributed by atoms with van der Waals surface area (Å²) in [5.41, 5.74) is 6.58. The molecule has 0 radical (unpaired) electrons. The fourth-order valence-electron chi connectivity index (χ4n) is 3.37. The monoisotopic (exact) mass is 411 g/mol. The molecule has 2 aliphatic rings. The Morgan fingerprint density at radius 1 is 1.43 bits per heavy atom. The molecule has 0 aliphatic carbocycles. The van der Waals surface area contributed by atoms with Crippen molar-refractivity contribution in [2.45, 2.75) is 51.6 Å². The molecular formula is C18H29N5O4S. The lowest BCUT2D eigenvalue weighted by Gasteiger charge is -2.38. The van der Waals surface area contributed by atoms with Gasteiger partial charge in [0.05, 0.1) is 17.3 Å². The molecule has 2 heterocycles. The molecule has 0 bridgehead atoms. The number of nitrogens with zero attached hydrogens (tertiary/aromatic N) is 2. The van der Waals surface area contributed by atoms with Gasteiger partial charge in [0.2, 0.25) is 0 Å². The highest BCUT2D eigenvalue weighted by atomic mass is 32.3. The molecule has 9 nitrogen and oxygen atoms in total. The molecule has 6 N–H and O–H groups in total. The summed E-state index contributed by atoms with van der Waals surface area (Å²) in [6.45, 7) is 6.87. The highest BCUT2D eigenvalue weighted by molar-refractivity contribution is 8.24. The van der Waals surface area contributed by atoms with Gasteiger partial charge < -0.3 is 20.7 Å². The number of carbonyl (C=O) groups is 1. The molecule has 0 aromatic heterocycles. The van der Waals surface area contributed by atoms with Crippen LogP contribution in [-0.2, 0) is 0 Å². The van der Waals surface area contributed by atoms with Crippen LogP contribution in [0.25, 0.3) is 0 Å². The van der Waals surface area contributed by atoms with E-state index in [9.17, 15) is 13.9 Å². The number of nitrogens with two attached hydrogens (primary N) is 1. The van der Waals surface area contributed by atoms with E-state index in [2.05, 4.69) is 14.4 Å². The number of piperidine rings is 1. The number of nitrogens with one attached hydrogen (secondary N) is 2. The number of amidine groups is 1. The Hall–Kier alpha value is -2.17. The molecule has 0 saturated carbocycles. The smallest absolute Gasteiger partial charge is 0.318 e. The van der Waals surface area contributed by atoms with Crippen LogP contribution in [0.1, 0.15) is 45.6 Å². The fourth-order valence-corrected chi connectivity index (χ4v) is 4.25. The number of amides is 2. The van der Waals surface area contributed by atoms with E-state index < -0.39 is 11.0 Å². The number of likely N-dealkylation sites (tertiary alicyclic amines) is 1. The van der Waals surface area contributed by atoms with Crippen molar-refractivity contribution in [3.05, 3.63) is 23.8 Å². The van der Waals surface area contributed by atoms with Gasteiger partial charge in [0.15, 0.2) is 5.84 Å². The SMILES string of the molecule is CC(C)(C)NC(=O)N1CCCCC1COc1cccc2c1C(N)=NS(O)(O)N2. The van der Waals surface area contributed by atoms with Crippen molar-refractivity contribution in [3.63, 3.8) is 0 Å². The lowest BCUT2D eigenvalue weighted by Crippen LogP contribution is -2.54. The first kappa shape index (κ1) is 20.6. The molecule has 1 unspecified atom stereocenters. The van der Waals surface area contributed by atoms with E-state index in [0.717, 1.165) is 19.3 Å². The molecule has 3 rings (SSSR count). The van der Waals surface area contributed by atoms with Crippen molar-refractivity contribution in [1.82, 2.24) is 10.2 Å². The van der Waals surface area contributed by atoms with Crippen LogP contribution in [0.2, 0.25) is 0 Å². The van der Waals surface area contributed by atoms with Gasteiger partial charge in [-0.25, -0.2) is 4.79 Å². The summed E-state index contributed by atoms with van der Waals surface area (Å²) < 4.78 is 31.9. The summed E-state index contributed by atoms with van der Waals surface area (Å²) in [6, 6.07) is 5.03. The lowest BCUT2D eigenvalue weighted by molar-refractivity contribution is 0.112. The third-order valence-electron chi connectivity index (χ3n) is 4.56. The summed E-state index contributed by atoms with van der Waals surface area (Å²) in [5.74, 6) is 0.498. The Labute approximate surface area is 167 Å². The normalized spacial score (nSPS) is 22.4. The van der Waals surface area contributed by atoms with Crippen molar-refractivity contribution in [2.75, 3.05) is 17.9 Å². The highest BCUT2D eigenvalue weighted by Gasteiger charge is 2.30. The first-order valence-electron chi connectivity index (χ1n) is 9.32. The predicted octanol–water partition coefficient (Wildman–Crippen LogP) is 3.14. The Bertz CT molecular complexity index is 778. The van der Waals surface area contributed by atoms with Gasteiger partial charge in [0.25, 0.3) is 0 Å². The van der Waals surface area contributed by atoms with Crippen molar-refractivity contribution in [2.24, 2.45) is 10.1 Å². The number of ether oxygens (including phenoxy) is 1. The third kappa shape index (κ3) is 4.81. The molecular weight excluding hydrogens is 382 g/mol. The lowest BCUT2D eigenvalue weighted by atomic mass is 10.0. The molecule has 1 aromatic rings. The minimum Gasteiger partial charge on any atom is -0.491 e. The quantitative estimate of drug-likeness (QED) is 0.519. The fraction of sp³-hybridized carbons (Fsp3) is 0.556. The molecule has 1 aromatic carbocycles. The van der Waals surface area contributed by atoms with Crippen LogP contribution >= 0.6 is 11.0 Å². The molecule has 10 heteroatoms. The number of rotatable bonds is 3. The van der Waals surface area contributed by atoms with Gasteiger partial charge >= 0.3 is 6.03 Å². The number of urea groups is 1. The molecule has 28 heavy (non-hydrogen) atoms. The zero-order valence-electron chi connectivity index (χ0n) is 16.4. The summed E-state index contributed by atoms with van der Waals surface area (Å²) >= 11 is 0. The van der Waals surface area contributed by atoms with Crippen LogP contribution in [0.5, 0.6) is 5.75 Å².